The molecule has 1 rings (SSSR count). The highest BCUT2D eigenvalue weighted by Gasteiger charge is 2.18. The molecular formula is C12H16BrNO2. The first-order chi connectivity index (χ1) is 7.61. The lowest BCUT2D eigenvalue weighted by Crippen LogP contribution is -2.33. The van der Waals surface area contributed by atoms with Gasteiger partial charge in [0, 0.05) is 0 Å². The van der Waals surface area contributed by atoms with Gasteiger partial charge in [0.15, 0.2) is 0 Å². The molecule has 0 spiro atoms. The van der Waals surface area contributed by atoms with Gasteiger partial charge in [-0.15, -0.1) is 0 Å². The Hall–Kier alpha value is -0.870. The maximum Gasteiger partial charge on any atom is 0.257 e. The number of hydrogen-bond acceptors (Lipinski definition) is 2. The monoisotopic (exact) mass is 285 g/mol. The van der Waals surface area contributed by atoms with Crippen molar-refractivity contribution in [2.24, 2.45) is 5.92 Å². The standard InChI is InChI=1S/C12H16BrNO2/c1-9(2)11(13)12(15)14-16-8-10-6-4-3-5-7-10/h3-7,9,11H,8H2,1-2H3,(H,14,15). The number of benzene rings is 1. The van der Waals surface area contributed by atoms with E-state index in [4.69, 9.17) is 4.84 Å². The largest absolute Gasteiger partial charge is 0.271 e. The molecule has 0 aromatic heterocycles. The molecule has 0 fully saturated rings. The molecule has 4 heteroatoms. The molecule has 1 amide bonds. The van der Waals surface area contributed by atoms with Crippen molar-refractivity contribution in [1.29, 1.82) is 0 Å². The quantitative estimate of drug-likeness (QED) is 0.667. The molecule has 1 atom stereocenters. The third-order valence-corrected chi connectivity index (χ3v) is 3.56. The summed E-state index contributed by atoms with van der Waals surface area (Å²) in [4.78, 5) is 16.4. The lowest BCUT2D eigenvalue weighted by atomic mass is 10.1. The summed E-state index contributed by atoms with van der Waals surface area (Å²) in [6.45, 7) is 4.32. The summed E-state index contributed by atoms with van der Waals surface area (Å²) in [7, 11) is 0. The molecular weight excluding hydrogens is 270 g/mol. The number of rotatable bonds is 5. The summed E-state index contributed by atoms with van der Waals surface area (Å²) >= 11 is 3.30. The highest BCUT2D eigenvalue weighted by Crippen LogP contribution is 2.11. The van der Waals surface area contributed by atoms with Gasteiger partial charge < -0.3 is 0 Å². The smallest absolute Gasteiger partial charge is 0.257 e. The van der Waals surface area contributed by atoms with Gasteiger partial charge in [0.25, 0.3) is 5.91 Å². The molecule has 0 saturated carbocycles. The SMILES string of the molecule is CC(C)C(Br)C(=O)NOCc1ccccc1. The zero-order valence-electron chi connectivity index (χ0n) is 9.44. The van der Waals surface area contributed by atoms with E-state index < -0.39 is 0 Å². The third-order valence-electron chi connectivity index (χ3n) is 2.09. The number of carbonyl (C=O) groups is 1. The van der Waals surface area contributed by atoms with Crippen LogP contribution in [0.4, 0.5) is 0 Å². The van der Waals surface area contributed by atoms with E-state index in [1.165, 1.54) is 0 Å². The van der Waals surface area contributed by atoms with Crippen molar-refractivity contribution >= 4 is 21.8 Å². The average molecular weight is 286 g/mol. The lowest BCUT2D eigenvalue weighted by Gasteiger charge is -2.13. The van der Waals surface area contributed by atoms with E-state index >= 15 is 0 Å². The van der Waals surface area contributed by atoms with E-state index in [1.807, 2.05) is 44.2 Å². The van der Waals surface area contributed by atoms with Crippen LogP contribution in [-0.4, -0.2) is 10.7 Å². The first-order valence-corrected chi connectivity index (χ1v) is 6.12. The number of amides is 1. The molecule has 0 aliphatic rings. The van der Waals surface area contributed by atoms with Crippen LogP contribution >= 0.6 is 15.9 Å². The Morgan fingerprint density at radius 2 is 2.00 bits per heavy atom. The summed E-state index contributed by atoms with van der Waals surface area (Å²) in [6.07, 6.45) is 0. The third kappa shape index (κ3) is 4.33. The van der Waals surface area contributed by atoms with Gasteiger partial charge >= 0.3 is 0 Å². The van der Waals surface area contributed by atoms with Crippen LogP contribution in [0.25, 0.3) is 0 Å². The van der Waals surface area contributed by atoms with Gasteiger partial charge in [-0.25, -0.2) is 5.48 Å². The van der Waals surface area contributed by atoms with Gasteiger partial charge in [-0.1, -0.05) is 60.1 Å². The van der Waals surface area contributed by atoms with E-state index in [9.17, 15) is 4.79 Å². The molecule has 0 aliphatic carbocycles. The van der Waals surface area contributed by atoms with Crippen LogP contribution in [0.5, 0.6) is 0 Å². The second-order valence-corrected chi connectivity index (χ2v) is 4.87. The van der Waals surface area contributed by atoms with Crippen LogP contribution in [0.15, 0.2) is 30.3 Å². The second-order valence-electron chi connectivity index (χ2n) is 3.89. The molecule has 88 valence electrons. The number of alkyl halides is 1. The molecule has 0 aliphatic heterocycles. The number of hydrogen-bond donors (Lipinski definition) is 1. The van der Waals surface area contributed by atoms with Gasteiger partial charge in [0.1, 0.15) is 0 Å². The Morgan fingerprint density at radius 3 is 2.56 bits per heavy atom. The van der Waals surface area contributed by atoms with Crippen molar-refractivity contribution in [2.75, 3.05) is 0 Å². The van der Waals surface area contributed by atoms with Crippen molar-refractivity contribution in [2.45, 2.75) is 25.3 Å². The highest BCUT2D eigenvalue weighted by molar-refractivity contribution is 9.10. The molecule has 1 N–H and O–H groups in total. The Kier molecular flexibility index (Phi) is 5.49. The fourth-order valence-electron chi connectivity index (χ4n) is 1.12. The van der Waals surface area contributed by atoms with E-state index in [-0.39, 0.29) is 16.7 Å². The van der Waals surface area contributed by atoms with Crippen LogP contribution in [-0.2, 0) is 16.2 Å². The molecule has 0 saturated heterocycles. The number of nitrogens with one attached hydrogen (secondary N) is 1. The van der Waals surface area contributed by atoms with Crippen molar-refractivity contribution in [1.82, 2.24) is 5.48 Å². The number of halogens is 1. The van der Waals surface area contributed by atoms with Gasteiger partial charge in [-0.05, 0) is 11.5 Å². The van der Waals surface area contributed by atoms with Gasteiger partial charge in [-0.3, -0.25) is 9.63 Å². The van der Waals surface area contributed by atoms with E-state index in [1.54, 1.807) is 0 Å². The zero-order chi connectivity index (χ0) is 12.0. The number of hydroxylamine groups is 1. The molecule has 0 heterocycles. The Morgan fingerprint density at radius 1 is 1.38 bits per heavy atom. The maximum atomic E-state index is 11.5. The predicted octanol–water partition coefficient (Wildman–Crippen LogP) is 2.65. The normalized spacial score (nSPS) is 12.5. The molecule has 3 nitrogen and oxygen atoms in total. The fourth-order valence-corrected chi connectivity index (χ4v) is 1.22. The molecule has 1 aromatic rings. The minimum Gasteiger partial charge on any atom is -0.271 e. The summed E-state index contributed by atoms with van der Waals surface area (Å²) in [5, 5.41) is 0. The maximum absolute atomic E-state index is 11.5. The fraction of sp³-hybridized carbons (Fsp3) is 0.417. The van der Waals surface area contributed by atoms with E-state index in [2.05, 4.69) is 21.4 Å². The molecule has 1 aromatic carbocycles. The van der Waals surface area contributed by atoms with E-state index in [0.29, 0.717) is 6.61 Å². The molecule has 0 bridgehead atoms. The van der Waals surface area contributed by atoms with Crippen LogP contribution in [0.3, 0.4) is 0 Å². The second kappa shape index (κ2) is 6.66. The highest BCUT2D eigenvalue weighted by atomic mass is 79.9. The van der Waals surface area contributed by atoms with Gasteiger partial charge in [-0.2, -0.15) is 0 Å². The molecule has 0 radical (unpaired) electrons. The molecule has 16 heavy (non-hydrogen) atoms. The molecule has 1 unspecified atom stereocenters. The average Bonchev–Trinajstić information content (AvgIpc) is 2.29. The Bertz CT molecular complexity index is 327. The van der Waals surface area contributed by atoms with Gasteiger partial charge in [0.2, 0.25) is 0 Å². The van der Waals surface area contributed by atoms with Crippen molar-refractivity contribution < 1.29 is 9.63 Å². The number of carbonyl (C=O) groups excluding carboxylic acids is 1. The topological polar surface area (TPSA) is 38.3 Å². The summed E-state index contributed by atoms with van der Waals surface area (Å²) in [5.41, 5.74) is 3.45. The predicted molar refractivity (Wildman–Crippen MR) is 66.9 cm³/mol. The Labute approximate surface area is 104 Å². The van der Waals surface area contributed by atoms with E-state index in [0.717, 1.165) is 5.56 Å². The summed E-state index contributed by atoms with van der Waals surface area (Å²) in [5.74, 6) is 0.0891. The van der Waals surface area contributed by atoms with Crippen LogP contribution in [0.1, 0.15) is 19.4 Å². The Balaban J connectivity index is 2.28. The zero-order valence-corrected chi connectivity index (χ0v) is 11.0. The van der Waals surface area contributed by atoms with Gasteiger partial charge in [0.05, 0.1) is 11.4 Å². The van der Waals surface area contributed by atoms with Crippen molar-refractivity contribution in [3.63, 3.8) is 0 Å². The lowest BCUT2D eigenvalue weighted by molar-refractivity contribution is -0.134. The van der Waals surface area contributed by atoms with Crippen LogP contribution < -0.4 is 5.48 Å². The van der Waals surface area contributed by atoms with Crippen molar-refractivity contribution in [3.8, 4) is 0 Å². The van der Waals surface area contributed by atoms with Crippen LogP contribution in [0.2, 0.25) is 0 Å². The van der Waals surface area contributed by atoms with Crippen LogP contribution in [0, 0.1) is 5.92 Å². The minimum absolute atomic E-state index is 0.147. The first-order valence-electron chi connectivity index (χ1n) is 5.21. The first kappa shape index (κ1) is 13.2. The summed E-state index contributed by atoms with van der Waals surface area (Å²) in [6, 6.07) is 9.69. The minimum atomic E-state index is -0.219. The van der Waals surface area contributed by atoms with Crippen molar-refractivity contribution in [3.05, 3.63) is 35.9 Å². The summed E-state index contributed by atoms with van der Waals surface area (Å²) < 4.78 is 0.